The Bertz CT molecular complexity index is 623. The molecule has 0 radical (unpaired) electrons. The van der Waals surface area contributed by atoms with Crippen molar-refractivity contribution >= 4 is 17.4 Å². The molecule has 1 aromatic carbocycles. The molecular weight excluding hydrogens is 264 g/mol. The molecule has 0 spiro atoms. The molecule has 1 fully saturated rings. The second kappa shape index (κ2) is 5.91. The molecule has 108 valence electrons. The first-order valence-electron chi connectivity index (χ1n) is 7.16. The molecule has 5 nitrogen and oxygen atoms in total. The summed E-state index contributed by atoms with van der Waals surface area (Å²) in [6.45, 7) is 2.00. The molecule has 5 heteroatoms. The van der Waals surface area contributed by atoms with Crippen molar-refractivity contribution in [2.24, 2.45) is 0 Å². The zero-order chi connectivity index (χ0) is 14.7. The van der Waals surface area contributed by atoms with E-state index in [1.54, 1.807) is 18.0 Å². The van der Waals surface area contributed by atoms with Gasteiger partial charge in [0.25, 0.3) is 5.91 Å². The van der Waals surface area contributed by atoms with Crippen LogP contribution in [0.2, 0.25) is 0 Å². The molecule has 1 amide bonds. The average Bonchev–Trinajstić information content (AvgIpc) is 3.09. The summed E-state index contributed by atoms with van der Waals surface area (Å²) in [6, 6.07) is 11.3. The van der Waals surface area contributed by atoms with Gasteiger partial charge in [-0.2, -0.15) is 0 Å². The highest BCUT2D eigenvalue weighted by molar-refractivity contribution is 6.04. The number of aromatic nitrogens is 2. The van der Waals surface area contributed by atoms with Crippen LogP contribution in [0.25, 0.3) is 0 Å². The van der Waals surface area contributed by atoms with E-state index < -0.39 is 0 Å². The molecule has 21 heavy (non-hydrogen) atoms. The maximum absolute atomic E-state index is 12.5. The van der Waals surface area contributed by atoms with E-state index in [1.807, 2.05) is 30.3 Å². The topological polar surface area (TPSA) is 49.3 Å². The molecule has 0 saturated carbocycles. The number of carbonyl (C=O) groups excluding carboxylic acids is 1. The monoisotopic (exact) mass is 282 g/mol. The molecule has 3 rings (SSSR count). The number of rotatable bonds is 3. The molecule has 0 N–H and O–H groups in total. The number of nitrogens with zero attached hydrogens (tertiary/aromatic N) is 4. The van der Waals surface area contributed by atoms with Crippen LogP contribution in [0.3, 0.4) is 0 Å². The summed E-state index contributed by atoms with van der Waals surface area (Å²) < 4.78 is 0. The van der Waals surface area contributed by atoms with Gasteiger partial charge in [0.05, 0.1) is 0 Å². The molecule has 2 heterocycles. The minimum Gasteiger partial charge on any atom is -0.357 e. The van der Waals surface area contributed by atoms with Crippen molar-refractivity contribution < 1.29 is 4.79 Å². The SMILES string of the molecule is CN(C(=O)c1cc(N2CCCC2)ncn1)c1ccccc1. The number of hydrogen-bond acceptors (Lipinski definition) is 4. The largest absolute Gasteiger partial charge is 0.357 e. The lowest BCUT2D eigenvalue weighted by molar-refractivity contribution is 0.0988. The van der Waals surface area contributed by atoms with Gasteiger partial charge in [0, 0.05) is 31.9 Å². The van der Waals surface area contributed by atoms with E-state index in [1.165, 1.54) is 19.2 Å². The van der Waals surface area contributed by atoms with Crippen molar-refractivity contribution in [3.05, 3.63) is 48.4 Å². The predicted molar refractivity (Wildman–Crippen MR) is 82.7 cm³/mol. The lowest BCUT2D eigenvalue weighted by atomic mass is 10.2. The van der Waals surface area contributed by atoms with Gasteiger partial charge in [-0.05, 0) is 25.0 Å². The third kappa shape index (κ3) is 2.86. The Balaban J connectivity index is 1.83. The molecule has 1 aromatic heterocycles. The maximum atomic E-state index is 12.5. The molecular formula is C16H18N4O. The summed E-state index contributed by atoms with van der Waals surface area (Å²) in [4.78, 5) is 24.7. The van der Waals surface area contributed by atoms with Crippen molar-refractivity contribution in [1.82, 2.24) is 9.97 Å². The summed E-state index contributed by atoms with van der Waals surface area (Å²) in [7, 11) is 1.76. The van der Waals surface area contributed by atoms with E-state index >= 15 is 0 Å². The molecule has 1 aliphatic rings. The third-order valence-electron chi connectivity index (χ3n) is 3.75. The molecule has 1 saturated heterocycles. The fourth-order valence-corrected chi connectivity index (χ4v) is 2.52. The Hall–Kier alpha value is -2.43. The Labute approximate surface area is 124 Å². The lowest BCUT2D eigenvalue weighted by Crippen LogP contribution is -2.28. The Morgan fingerprint density at radius 2 is 1.86 bits per heavy atom. The average molecular weight is 282 g/mol. The van der Waals surface area contributed by atoms with Crippen molar-refractivity contribution in [2.75, 3.05) is 29.9 Å². The van der Waals surface area contributed by atoms with Crippen molar-refractivity contribution in [3.8, 4) is 0 Å². The molecule has 0 atom stereocenters. The number of carbonyl (C=O) groups is 1. The van der Waals surface area contributed by atoms with Crippen LogP contribution in [-0.4, -0.2) is 36.0 Å². The zero-order valence-corrected chi connectivity index (χ0v) is 12.1. The zero-order valence-electron chi connectivity index (χ0n) is 12.1. The maximum Gasteiger partial charge on any atom is 0.276 e. The normalized spacial score (nSPS) is 14.2. The van der Waals surface area contributed by atoms with E-state index in [0.717, 1.165) is 24.6 Å². The number of benzene rings is 1. The second-order valence-corrected chi connectivity index (χ2v) is 5.16. The van der Waals surface area contributed by atoms with Gasteiger partial charge in [-0.15, -0.1) is 0 Å². The summed E-state index contributed by atoms with van der Waals surface area (Å²) in [5, 5.41) is 0. The van der Waals surface area contributed by atoms with E-state index in [0.29, 0.717) is 5.69 Å². The molecule has 0 bridgehead atoms. The first-order chi connectivity index (χ1) is 10.3. The van der Waals surface area contributed by atoms with Crippen LogP contribution in [-0.2, 0) is 0 Å². The molecule has 0 aliphatic carbocycles. The Morgan fingerprint density at radius 3 is 2.57 bits per heavy atom. The van der Waals surface area contributed by atoms with E-state index in [4.69, 9.17) is 0 Å². The van der Waals surface area contributed by atoms with Crippen LogP contribution >= 0.6 is 0 Å². The summed E-state index contributed by atoms with van der Waals surface area (Å²) in [5.74, 6) is 0.719. The molecule has 2 aromatic rings. The first kappa shape index (κ1) is 13.5. The Morgan fingerprint density at radius 1 is 1.14 bits per heavy atom. The van der Waals surface area contributed by atoms with Gasteiger partial charge >= 0.3 is 0 Å². The van der Waals surface area contributed by atoms with Gasteiger partial charge in [0.15, 0.2) is 0 Å². The highest BCUT2D eigenvalue weighted by Gasteiger charge is 2.18. The summed E-state index contributed by atoms with van der Waals surface area (Å²) >= 11 is 0. The predicted octanol–water partition coefficient (Wildman–Crippen LogP) is 2.35. The highest BCUT2D eigenvalue weighted by atomic mass is 16.2. The fourth-order valence-electron chi connectivity index (χ4n) is 2.52. The van der Waals surface area contributed by atoms with Gasteiger partial charge in [0.2, 0.25) is 0 Å². The summed E-state index contributed by atoms with van der Waals surface area (Å²) in [5.41, 5.74) is 1.28. The van der Waals surface area contributed by atoms with Crippen LogP contribution in [0, 0.1) is 0 Å². The lowest BCUT2D eigenvalue weighted by Gasteiger charge is -2.19. The van der Waals surface area contributed by atoms with Gasteiger partial charge in [-0.25, -0.2) is 9.97 Å². The Kier molecular flexibility index (Phi) is 3.81. The first-order valence-corrected chi connectivity index (χ1v) is 7.16. The van der Waals surface area contributed by atoms with E-state index in [2.05, 4.69) is 14.9 Å². The number of para-hydroxylation sites is 1. The number of hydrogen-bond donors (Lipinski definition) is 0. The van der Waals surface area contributed by atoms with Crippen LogP contribution in [0.4, 0.5) is 11.5 Å². The van der Waals surface area contributed by atoms with Crippen LogP contribution in [0.1, 0.15) is 23.3 Å². The van der Waals surface area contributed by atoms with Gasteiger partial charge < -0.3 is 9.80 Å². The standard InChI is InChI=1S/C16H18N4O/c1-19(13-7-3-2-4-8-13)16(21)14-11-15(18-12-17-14)20-9-5-6-10-20/h2-4,7-8,11-12H,5-6,9-10H2,1H3. The fraction of sp³-hybridized carbons (Fsp3) is 0.312. The molecule has 1 aliphatic heterocycles. The van der Waals surface area contributed by atoms with Gasteiger partial charge in [-0.1, -0.05) is 18.2 Å². The molecule has 0 unspecified atom stereocenters. The minimum absolute atomic E-state index is 0.121. The van der Waals surface area contributed by atoms with E-state index in [-0.39, 0.29) is 5.91 Å². The van der Waals surface area contributed by atoms with Gasteiger partial charge in [-0.3, -0.25) is 4.79 Å². The van der Waals surface area contributed by atoms with Crippen molar-refractivity contribution in [1.29, 1.82) is 0 Å². The third-order valence-corrected chi connectivity index (χ3v) is 3.75. The van der Waals surface area contributed by atoms with Crippen molar-refractivity contribution in [3.63, 3.8) is 0 Å². The van der Waals surface area contributed by atoms with Crippen LogP contribution in [0.5, 0.6) is 0 Å². The minimum atomic E-state index is -0.121. The summed E-state index contributed by atoms with van der Waals surface area (Å²) in [6.07, 6.45) is 3.83. The van der Waals surface area contributed by atoms with E-state index in [9.17, 15) is 4.79 Å². The number of anilines is 2. The van der Waals surface area contributed by atoms with Gasteiger partial charge in [0.1, 0.15) is 17.8 Å². The number of amides is 1. The smallest absolute Gasteiger partial charge is 0.276 e. The quantitative estimate of drug-likeness (QED) is 0.867. The van der Waals surface area contributed by atoms with Crippen LogP contribution in [0.15, 0.2) is 42.7 Å². The highest BCUT2D eigenvalue weighted by Crippen LogP contribution is 2.19. The van der Waals surface area contributed by atoms with Crippen molar-refractivity contribution in [2.45, 2.75) is 12.8 Å². The second-order valence-electron chi connectivity index (χ2n) is 5.16. The van der Waals surface area contributed by atoms with Crippen LogP contribution < -0.4 is 9.80 Å².